The van der Waals surface area contributed by atoms with Crippen molar-refractivity contribution in [3.63, 3.8) is 0 Å². The van der Waals surface area contributed by atoms with Gasteiger partial charge in [-0.15, -0.1) is 0 Å². The van der Waals surface area contributed by atoms with Crippen molar-refractivity contribution in [3.8, 4) is 5.75 Å². The summed E-state index contributed by atoms with van der Waals surface area (Å²) in [6.07, 6.45) is 1.20. The van der Waals surface area contributed by atoms with Crippen molar-refractivity contribution < 1.29 is 14.3 Å². The summed E-state index contributed by atoms with van der Waals surface area (Å²) in [6, 6.07) is 14.7. The predicted octanol–water partition coefficient (Wildman–Crippen LogP) is 4.01. The number of rotatable bonds is 10. The van der Waals surface area contributed by atoms with Crippen LogP contribution in [-0.4, -0.2) is 42.5 Å². The summed E-state index contributed by atoms with van der Waals surface area (Å²) < 4.78 is 5.69. The SMILES string of the molecule is CCNC(=O)C(CC)N(CCc1ccccc1)C(=O)COc1ccc(Cl)c(C)c1. The van der Waals surface area contributed by atoms with Gasteiger partial charge in [-0.1, -0.05) is 48.9 Å². The highest BCUT2D eigenvalue weighted by Gasteiger charge is 2.28. The van der Waals surface area contributed by atoms with Crippen molar-refractivity contribution in [2.45, 2.75) is 39.7 Å². The number of likely N-dealkylation sites (N-methyl/N-ethyl adjacent to an activating group) is 1. The second kappa shape index (κ2) is 11.5. The number of benzene rings is 2. The third-order valence-corrected chi connectivity index (χ3v) is 5.14. The van der Waals surface area contributed by atoms with Gasteiger partial charge in [0.05, 0.1) is 0 Å². The van der Waals surface area contributed by atoms with Crippen molar-refractivity contribution in [1.29, 1.82) is 0 Å². The molecule has 6 heteroatoms. The number of carbonyl (C=O) groups excluding carboxylic acids is 2. The van der Waals surface area contributed by atoms with Gasteiger partial charge in [-0.05, 0) is 56.0 Å². The van der Waals surface area contributed by atoms with Crippen LogP contribution in [0.5, 0.6) is 5.75 Å². The average molecular weight is 417 g/mol. The Labute approximate surface area is 178 Å². The maximum Gasteiger partial charge on any atom is 0.261 e. The van der Waals surface area contributed by atoms with E-state index in [0.29, 0.717) is 36.7 Å². The van der Waals surface area contributed by atoms with Gasteiger partial charge >= 0.3 is 0 Å². The maximum absolute atomic E-state index is 13.0. The van der Waals surface area contributed by atoms with E-state index in [1.54, 1.807) is 23.1 Å². The molecule has 1 N–H and O–H groups in total. The Morgan fingerprint density at radius 2 is 1.86 bits per heavy atom. The Balaban J connectivity index is 2.11. The zero-order chi connectivity index (χ0) is 21.2. The monoisotopic (exact) mass is 416 g/mol. The van der Waals surface area contributed by atoms with Crippen LogP contribution < -0.4 is 10.1 Å². The van der Waals surface area contributed by atoms with Crippen LogP contribution in [0.15, 0.2) is 48.5 Å². The van der Waals surface area contributed by atoms with Crippen LogP contribution in [0.1, 0.15) is 31.4 Å². The van der Waals surface area contributed by atoms with Crippen LogP contribution in [0.4, 0.5) is 0 Å². The first kappa shape index (κ1) is 22.8. The number of hydrogen-bond acceptors (Lipinski definition) is 3. The molecule has 1 atom stereocenters. The van der Waals surface area contributed by atoms with E-state index >= 15 is 0 Å². The van der Waals surface area contributed by atoms with Crippen molar-refractivity contribution in [3.05, 3.63) is 64.7 Å². The van der Waals surface area contributed by atoms with Gasteiger partial charge in [0, 0.05) is 18.1 Å². The van der Waals surface area contributed by atoms with E-state index in [1.165, 1.54) is 0 Å². The lowest BCUT2D eigenvalue weighted by Gasteiger charge is -2.30. The number of aryl methyl sites for hydroxylation is 1. The van der Waals surface area contributed by atoms with Crippen molar-refractivity contribution >= 4 is 23.4 Å². The van der Waals surface area contributed by atoms with Crippen LogP contribution in [0, 0.1) is 6.92 Å². The number of nitrogens with zero attached hydrogens (tertiary/aromatic N) is 1. The van der Waals surface area contributed by atoms with Gasteiger partial charge in [0.1, 0.15) is 11.8 Å². The first-order chi connectivity index (χ1) is 14.0. The van der Waals surface area contributed by atoms with Crippen molar-refractivity contribution in [2.75, 3.05) is 19.7 Å². The molecule has 0 spiro atoms. The van der Waals surface area contributed by atoms with E-state index in [-0.39, 0.29) is 18.4 Å². The van der Waals surface area contributed by atoms with Gasteiger partial charge in [0.2, 0.25) is 5.91 Å². The molecule has 0 radical (unpaired) electrons. The smallest absolute Gasteiger partial charge is 0.261 e. The van der Waals surface area contributed by atoms with Crippen LogP contribution in [0.2, 0.25) is 5.02 Å². The molecule has 0 aliphatic rings. The van der Waals surface area contributed by atoms with Crippen LogP contribution in [0.25, 0.3) is 0 Å². The Bertz CT molecular complexity index is 811. The summed E-state index contributed by atoms with van der Waals surface area (Å²) in [5.74, 6) is 0.222. The standard InChI is InChI=1S/C23H29ClN2O3/c1-4-21(23(28)25-5-2)26(14-13-18-9-7-6-8-10-18)22(27)16-29-19-11-12-20(24)17(3)15-19/h6-12,15,21H,4-5,13-14,16H2,1-3H3,(H,25,28). The lowest BCUT2D eigenvalue weighted by atomic mass is 10.1. The molecule has 0 aliphatic heterocycles. The van der Waals surface area contributed by atoms with Gasteiger partial charge in [0.25, 0.3) is 5.91 Å². The van der Waals surface area contributed by atoms with Gasteiger partial charge in [0.15, 0.2) is 6.61 Å². The quantitative estimate of drug-likeness (QED) is 0.636. The fraction of sp³-hybridized carbons (Fsp3) is 0.391. The third-order valence-electron chi connectivity index (χ3n) is 4.71. The van der Waals surface area contributed by atoms with E-state index in [9.17, 15) is 9.59 Å². The molecule has 1 unspecified atom stereocenters. The molecule has 0 aliphatic carbocycles. The number of carbonyl (C=O) groups is 2. The molecule has 2 rings (SSSR count). The van der Waals surface area contributed by atoms with Crippen LogP contribution >= 0.6 is 11.6 Å². The second-order valence-corrected chi connectivity index (χ2v) is 7.25. The third kappa shape index (κ3) is 6.79. The largest absolute Gasteiger partial charge is 0.484 e. The average Bonchev–Trinajstić information content (AvgIpc) is 2.72. The molecule has 2 amide bonds. The summed E-state index contributed by atoms with van der Waals surface area (Å²) in [6.45, 7) is 6.49. The number of halogens is 1. The van der Waals surface area contributed by atoms with Gasteiger partial charge in [-0.25, -0.2) is 0 Å². The first-order valence-corrected chi connectivity index (χ1v) is 10.3. The Hall–Kier alpha value is -2.53. The molecule has 0 saturated heterocycles. The molecule has 0 aromatic heterocycles. The topological polar surface area (TPSA) is 58.6 Å². The number of amides is 2. The number of nitrogens with one attached hydrogen (secondary N) is 1. The van der Waals surface area contributed by atoms with Gasteiger partial charge in [-0.3, -0.25) is 9.59 Å². The summed E-state index contributed by atoms with van der Waals surface area (Å²) in [4.78, 5) is 27.1. The molecule has 2 aromatic carbocycles. The fourth-order valence-corrected chi connectivity index (χ4v) is 3.24. The minimum Gasteiger partial charge on any atom is -0.484 e. The van der Waals surface area contributed by atoms with Crippen LogP contribution in [-0.2, 0) is 16.0 Å². The number of hydrogen-bond donors (Lipinski definition) is 1. The van der Waals surface area contributed by atoms with E-state index in [0.717, 1.165) is 11.1 Å². The van der Waals surface area contributed by atoms with E-state index in [4.69, 9.17) is 16.3 Å². The summed E-state index contributed by atoms with van der Waals surface area (Å²) in [5, 5.41) is 3.48. The Morgan fingerprint density at radius 1 is 1.14 bits per heavy atom. The molecular formula is C23H29ClN2O3. The molecule has 0 fully saturated rings. The molecular weight excluding hydrogens is 388 g/mol. The Kier molecular flexibility index (Phi) is 9.00. The van der Waals surface area contributed by atoms with E-state index in [1.807, 2.05) is 51.1 Å². The lowest BCUT2D eigenvalue weighted by Crippen LogP contribution is -2.51. The summed E-state index contributed by atoms with van der Waals surface area (Å²) >= 11 is 6.04. The molecule has 29 heavy (non-hydrogen) atoms. The minimum atomic E-state index is -0.526. The van der Waals surface area contributed by atoms with E-state index in [2.05, 4.69) is 5.32 Å². The highest BCUT2D eigenvalue weighted by molar-refractivity contribution is 6.31. The molecule has 0 bridgehead atoms. The zero-order valence-electron chi connectivity index (χ0n) is 17.3. The maximum atomic E-state index is 13.0. The second-order valence-electron chi connectivity index (χ2n) is 6.84. The van der Waals surface area contributed by atoms with Crippen LogP contribution in [0.3, 0.4) is 0 Å². The molecule has 0 heterocycles. The van der Waals surface area contributed by atoms with Gasteiger partial charge < -0.3 is 15.0 Å². The van der Waals surface area contributed by atoms with Crippen molar-refractivity contribution in [1.82, 2.24) is 10.2 Å². The normalized spacial score (nSPS) is 11.6. The molecule has 2 aromatic rings. The lowest BCUT2D eigenvalue weighted by molar-refractivity contribution is -0.142. The summed E-state index contributed by atoms with van der Waals surface area (Å²) in [7, 11) is 0. The van der Waals surface area contributed by atoms with E-state index < -0.39 is 6.04 Å². The first-order valence-electron chi connectivity index (χ1n) is 9.96. The highest BCUT2D eigenvalue weighted by atomic mass is 35.5. The Morgan fingerprint density at radius 3 is 2.48 bits per heavy atom. The van der Waals surface area contributed by atoms with Gasteiger partial charge in [-0.2, -0.15) is 0 Å². The fourth-order valence-electron chi connectivity index (χ4n) is 3.12. The van der Waals surface area contributed by atoms with Crippen molar-refractivity contribution in [2.24, 2.45) is 0 Å². The predicted molar refractivity (Wildman–Crippen MR) is 116 cm³/mol. The molecule has 156 valence electrons. The zero-order valence-corrected chi connectivity index (χ0v) is 18.0. The minimum absolute atomic E-state index is 0.133. The molecule has 5 nitrogen and oxygen atoms in total. The number of ether oxygens (including phenoxy) is 1. The summed E-state index contributed by atoms with van der Waals surface area (Å²) in [5.41, 5.74) is 2.00. The highest BCUT2D eigenvalue weighted by Crippen LogP contribution is 2.21. The molecule has 0 saturated carbocycles.